The highest BCUT2D eigenvalue weighted by molar-refractivity contribution is 5.75. The number of aliphatic carboxylic acids is 1. The monoisotopic (exact) mass is 270 g/mol. The Hall–Kier alpha value is -2.20. The zero-order valence-electron chi connectivity index (χ0n) is 11.4. The molecule has 0 amide bonds. The van der Waals surface area contributed by atoms with E-state index in [2.05, 4.69) is 17.2 Å². The molecule has 0 aliphatic rings. The van der Waals surface area contributed by atoms with Crippen LogP contribution in [-0.2, 0) is 17.8 Å². The number of hydrogen-bond donors (Lipinski definition) is 2. The van der Waals surface area contributed by atoms with Gasteiger partial charge in [-0.25, -0.2) is 0 Å². The first kappa shape index (κ1) is 14.2. The Morgan fingerprint density at radius 2 is 2.00 bits per heavy atom. The largest absolute Gasteiger partial charge is 0.480 e. The molecule has 20 heavy (non-hydrogen) atoms. The molecule has 1 aromatic carbocycles. The van der Waals surface area contributed by atoms with Crippen LogP contribution in [0.5, 0.6) is 0 Å². The van der Waals surface area contributed by atoms with Gasteiger partial charge in [-0.1, -0.05) is 43.3 Å². The molecule has 0 fully saturated rings. The van der Waals surface area contributed by atoms with Gasteiger partial charge in [0, 0.05) is 18.4 Å². The lowest BCUT2D eigenvalue weighted by Gasteiger charge is -2.14. The zero-order chi connectivity index (χ0) is 14.4. The quantitative estimate of drug-likeness (QED) is 0.847. The van der Waals surface area contributed by atoms with Gasteiger partial charge in [-0.15, -0.1) is 0 Å². The number of hydrogen-bond acceptors (Lipinski definition) is 3. The molecule has 0 spiro atoms. The molecule has 0 aliphatic heterocycles. The fourth-order valence-corrected chi connectivity index (χ4v) is 1.98. The summed E-state index contributed by atoms with van der Waals surface area (Å²) in [5.74, 6) is -0.880. The first-order valence-electron chi connectivity index (χ1n) is 6.65. The minimum Gasteiger partial charge on any atom is -0.480 e. The predicted molar refractivity (Wildman–Crippen MR) is 77.3 cm³/mol. The zero-order valence-corrected chi connectivity index (χ0v) is 11.4. The van der Waals surface area contributed by atoms with Gasteiger partial charge in [0.1, 0.15) is 6.04 Å². The Morgan fingerprint density at radius 3 is 2.55 bits per heavy atom. The summed E-state index contributed by atoms with van der Waals surface area (Å²) in [5.41, 5.74) is 2.76. The Kier molecular flexibility index (Phi) is 4.85. The first-order valence-corrected chi connectivity index (χ1v) is 6.65. The van der Waals surface area contributed by atoms with E-state index in [0.29, 0.717) is 6.54 Å². The van der Waals surface area contributed by atoms with Gasteiger partial charge in [0.2, 0.25) is 0 Å². The van der Waals surface area contributed by atoms with E-state index in [1.807, 2.05) is 42.5 Å². The summed E-state index contributed by atoms with van der Waals surface area (Å²) < 4.78 is 0. The van der Waals surface area contributed by atoms with Gasteiger partial charge in [-0.2, -0.15) is 0 Å². The maximum atomic E-state index is 11.3. The van der Waals surface area contributed by atoms with E-state index in [-0.39, 0.29) is 0 Å². The highest BCUT2D eigenvalue weighted by atomic mass is 16.4. The molecule has 1 heterocycles. The smallest absolute Gasteiger partial charge is 0.325 e. The third-order valence-corrected chi connectivity index (χ3v) is 3.14. The summed E-state index contributed by atoms with van der Waals surface area (Å²) in [6.07, 6.45) is 2.69. The van der Waals surface area contributed by atoms with Crippen LogP contribution in [-0.4, -0.2) is 16.1 Å². The van der Waals surface area contributed by atoms with Gasteiger partial charge < -0.3 is 5.11 Å². The van der Waals surface area contributed by atoms with Gasteiger partial charge in [0.15, 0.2) is 0 Å². The van der Waals surface area contributed by atoms with Crippen molar-refractivity contribution in [1.82, 2.24) is 10.3 Å². The van der Waals surface area contributed by atoms with Crippen LogP contribution in [0.4, 0.5) is 0 Å². The number of nitrogens with zero attached hydrogens (tertiary/aromatic N) is 1. The van der Waals surface area contributed by atoms with Crippen LogP contribution >= 0.6 is 0 Å². The van der Waals surface area contributed by atoms with E-state index in [1.165, 1.54) is 0 Å². The molecular weight excluding hydrogens is 252 g/mol. The second kappa shape index (κ2) is 6.82. The Labute approximate surface area is 118 Å². The molecule has 0 saturated carbocycles. The molecule has 2 N–H and O–H groups in total. The molecule has 0 saturated heterocycles. The molecule has 0 aliphatic carbocycles. The fourth-order valence-electron chi connectivity index (χ4n) is 1.98. The molecular formula is C16H18N2O2. The van der Waals surface area contributed by atoms with Crippen molar-refractivity contribution in [3.8, 4) is 0 Å². The average Bonchev–Trinajstić information content (AvgIpc) is 2.49. The maximum Gasteiger partial charge on any atom is 0.325 e. The van der Waals surface area contributed by atoms with Crippen molar-refractivity contribution in [2.75, 3.05) is 0 Å². The van der Waals surface area contributed by atoms with Crippen molar-refractivity contribution in [2.45, 2.75) is 25.9 Å². The highest BCUT2D eigenvalue weighted by Gasteiger charge is 2.18. The summed E-state index contributed by atoms with van der Waals surface area (Å²) in [4.78, 5) is 15.6. The normalized spacial score (nSPS) is 12.1. The summed E-state index contributed by atoms with van der Waals surface area (Å²) in [5, 5.41) is 12.4. The number of rotatable bonds is 6. The predicted octanol–water partition coefficient (Wildman–Crippen LogP) is 2.56. The molecule has 4 nitrogen and oxygen atoms in total. The van der Waals surface area contributed by atoms with E-state index in [1.54, 1.807) is 6.20 Å². The summed E-state index contributed by atoms with van der Waals surface area (Å²) in [6, 6.07) is 12.4. The molecule has 1 atom stereocenters. The molecule has 104 valence electrons. The lowest BCUT2D eigenvalue weighted by Crippen LogP contribution is -2.28. The molecule has 2 aromatic rings. The Morgan fingerprint density at radius 1 is 1.25 bits per heavy atom. The van der Waals surface area contributed by atoms with E-state index in [4.69, 9.17) is 0 Å². The minimum atomic E-state index is -0.880. The van der Waals surface area contributed by atoms with Crippen molar-refractivity contribution in [3.63, 3.8) is 0 Å². The van der Waals surface area contributed by atoms with Crippen LogP contribution in [0.15, 0.2) is 48.7 Å². The summed E-state index contributed by atoms with van der Waals surface area (Å²) in [7, 11) is 0. The van der Waals surface area contributed by atoms with Crippen LogP contribution in [0, 0.1) is 0 Å². The third kappa shape index (κ3) is 3.65. The van der Waals surface area contributed by atoms with Crippen molar-refractivity contribution >= 4 is 5.97 Å². The molecule has 4 heteroatoms. The van der Waals surface area contributed by atoms with Crippen LogP contribution < -0.4 is 5.32 Å². The first-order chi connectivity index (χ1) is 9.70. The Bertz CT molecular complexity index is 552. The van der Waals surface area contributed by atoms with Crippen LogP contribution in [0.1, 0.15) is 29.8 Å². The van der Waals surface area contributed by atoms with E-state index >= 15 is 0 Å². The highest BCUT2D eigenvalue weighted by Crippen LogP contribution is 2.13. The lowest BCUT2D eigenvalue weighted by molar-refractivity contribution is -0.139. The number of aromatic nitrogens is 1. The van der Waals surface area contributed by atoms with Crippen molar-refractivity contribution in [2.24, 2.45) is 0 Å². The summed E-state index contributed by atoms with van der Waals surface area (Å²) >= 11 is 0. The standard InChI is InChI=1S/C16H18N2O2/c1-2-14-9-8-12(10-17-14)11-18-15(16(19)20)13-6-4-3-5-7-13/h3-10,15,18H,2,11H2,1H3,(H,19,20)/t15-/m0/s1. The maximum absolute atomic E-state index is 11.3. The molecule has 0 radical (unpaired) electrons. The SMILES string of the molecule is CCc1ccc(CN[C@H](C(=O)O)c2ccccc2)cn1. The van der Waals surface area contributed by atoms with Gasteiger partial charge in [0.05, 0.1) is 0 Å². The molecule has 2 rings (SSSR count). The van der Waals surface area contributed by atoms with Gasteiger partial charge in [-0.05, 0) is 23.6 Å². The average molecular weight is 270 g/mol. The third-order valence-electron chi connectivity index (χ3n) is 3.14. The van der Waals surface area contributed by atoms with Crippen molar-refractivity contribution in [3.05, 3.63) is 65.5 Å². The summed E-state index contributed by atoms with van der Waals surface area (Å²) in [6.45, 7) is 2.53. The molecule has 0 unspecified atom stereocenters. The number of aryl methyl sites for hydroxylation is 1. The number of pyridine rings is 1. The van der Waals surface area contributed by atoms with Gasteiger partial charge >= 0.3 is 5.97 Å². The second-order valence-corrected chi connectivity index (χ2v) is 4.57. The number of benzene rings is 1. The second-order valence-electron chi connectivity index (χ2n) is 4.57. The number of carbonyl (C=O) groups is 1. The van der Waals surface area contributed by atoms with Gasteiger partial charge in [-0.3, -0.25) is 15.1 Å². The van der Waals surface area contributed by atoms with Crippen LogP contribution in [0.25, 0.3) is 0 Å². The molecule has 1 aromatic heterocycles. The van der Waals surface area contributed by atoms with Crippen LogP contribution in [0.2, 0.25) is 0 Å². The topological polar surface area (TPSA) is 62.2 Å². The van der Waals surface area contributed by atoms with Gasteiger partial charge in [0.25, 0.3) is 0 Å². The number of carboxylic acid groups (broad SMARTS) is 1. The van der Waals surface area contributed by atoms with Crippen LogP contribution in [0.3, 0.4) is 0 Å². The lowest BCUT2D eigenvalue weighted by atomic mass is 10.1. The van der Waals surface area contributed by atoms with Crippen molar-refractivity contribution in [1.29, 1.82) is 0 Å². The van der Waals surface area contributed by atoms with E-state index < -0.39 is 12.0 Å². The van der Waals surface area contributed by atoms with Crippen molar-refractivity contribution < 1.29 is 9.90 Å². The van der Waals surface area contributed by atoms with E-state index in [0.717, 1.165) is 23.2 Å². The number of carboxylic acids is 1. The minimum absolute atomic E-state index is 0.475. The molecule has 0 bridgehead atoms. The number of nitrogens with one attached hydrogen (secondary N) is 1. The fraction of sp³-hybridized carbons (Fsp3) is 0.250. The Balaban J connectivity index is 2.04. The van der Waals surface area contributed by atoms with E-state index in [9.17, 15) is 9.90 Å².